The van der Waals surface area contributed by atoms with E-state index >= 15 is 0 Å². The van der Waals surface area contributed by atoms with Crippen molar-refractivity contribution in [3.05, 3.63) is 29.0 Å². The van der Waals surface area contributed by atoms with Crippen LogP contribution in [0, 0.1) is 5.92 Å². The van der Waals surface area contributed by atoms with E-state index in [1.54, 1.807) is 17.5 Å². The van der Waals surface area contributed by atoms with Crippen LogP contribution in [0.3, 0.4) is 0 Å². The number of nitrogens with one attached hydrogen (secondary N) is 1. The molecule has 0 aromatic carbocycles. The zero-order valence-corrected chi connectivity index (χ0v) is 15.7. The number of anilines is 1. The highest BCUT2D eigenvalue weighted by Gasteiger charge is 2.28. The summed E-state index contributed by atoms with van der Waals surface area (Å²) in [6.45, 7) is 4.88. The minimum Gasteiger partial charge on any atom is -0.378 e. The summed E-state index contributed by atoms with van der Waals surface area (Å²) in [4.78, 5) is 21.0. The molecule has 7 nitrogen and oxygen atoms in total. The molecule has 0 bridgehead atoms. The van der Waals surface area contributed by atoms with E-state index in [4.69, 9.17) is 9.72 Å². The number of thiazole rings is 1. The fourth-order valence-corrected chi connectivity index (χ4v) is 4.66. The number of amides is 1. The van der Waals surface area contributed by atoms with Crippen molar-refractivity contribution in [1.29, 1.82) is 0 Å². The maximum Gasteiger partial charge on any atom is 0.223 e. The van der Waals surface area contributed by atoms with Gasteiger partial charge in [-0.1, -0.05) is 0 Å². The van der Waals surface area contributed by atoms with Gasteiger partial charge in [0.15, 0.2) is 5.13 Å². The molecule has 4 rings (SSSR count). The minimum absolute atomic E-state index is 0.0480. The van der Waals surface area contributed by atoms with Crippen molar-refractivity contribution in [2.75, 3.05) is 37.7 Å². The third kappa shape index (κ3) is 4.07. The summed E-state index contributed by atoms with van der Waals surface area (Å²) in [6, 6.07) is 1.91. The maximum atomic E-state index is 12.5. The van der Waals surface area contributed by atoms with Crippen LogP contribution >= 0.6 is 11.3 Å². The van der Waals surface area contributed by atoms with E-state index in [1.165, 1.54) is 4.88 Å². The van der Waals surface area contributed by atoms with Gasteiger partial charge in [-0.25, -0.2) is 4.98 Å². The lowest BCUT2D eigenvalue weighted by Crippen LogP contribution is -2.36. The van der Waals surface area contributed by atoms with Gasteiger partial charge >= 0.3 is 0 Å². The van der Waals surface area contributed by atoms with Crippen LogP contribution in [0.2, 0.25) is 0 Å². The number of fused-ring (bicyclic) bond motifs is 1. The highest BCUT2D eigenvalue weighted by Crippen LogP contribution is 2.34. The minimum atomic E-state index is 0.0480. The third-order valence-electron chi connectivity index (χ3n) is 5.00. The second-order valence-corrected chi connectivity index (χ2v) is 7.88. The van der Waals surface area contributed by atoms with Crippen LogP contribution in [0.4, 0.5) is 5.13 Å². The molecule has 1 saturated heterocycles. The van der Waals surface area contributed by atoms with Crippen molar-refractivity contribution in [3.8, 4) is 0 Å². The average Bonchev–Trinajstić information content (AvgIpc) is 3.34. The monoisotopic (exact) mass is 375 g/mol. The average molecular weight is 375 g/mol. The first-order valence-corrected chi connectivity index (χ1v) is 10.2. The van der Waals surface area contributed by atoms with Crippen molar-refractivity contribution in [1.82, 2.24) is 20.1 Å². The molecule has 1 atom stereocenters. The number of nitrogens with zero attached hydrogens (tertiary/aromatic N) is 4. The molecule has 0 spiro atoms. The van der Waals surface area contributed by atoms with Crippen LogP contribution in [0.15, 0.2) is 18.5 Å². The second-order valence-electron chi connectivity index (χ2n) is 6.82. The molecule has 0 saturated carbocycles. The third-order valence-corrected chi connectivity index (χ3v) is 6.22. The predicted molar refractivity (Wildman–Crippen MR) is 101 cm³/mol. The van der Waals surface area contributed by atoms with Gasteiger partial charge < -0.3 is 15.0 Å². The highest BCUT2D eigenvalue weighted by atomic mass is 32.1. The fraction of sp³-hybridized carbons (Fsp3) is 0.611. The Kier molecular flexibility index (Phi) is 5.50. The Morgan fingerprint density at radius 2 is 2.27 bits per heavy atom. The van der Waals surface area contributed by atoms with Crippen molar-refractivity contribution in [2.24, 2.45) is 5.92 Å². The van der Waals surface area contributed by atoms with Gasteiger partial charge in [-0.05, 0) is 25.3 Å². The Hall–Kier alpha value is -1.93. The molecule has 140 valence electrons. The molecule has 1 fully saturated rings. The number of hydrogen-bond donors (Lipinski definition) is 1. The van der Waals surface area contributed by atoms with Crippen LogP contribution in [0.5, 0.6) is 0 Å². The van der Waals surface area contributed by atoms with Crippen LogP contribution in [0.25, 0.3) is 0 Å². The van der Waals surface area contributed by atoms with Crippen molar-refractivity contribution >= 4 is 22.4 Å². The van der Waals surface area contributed by atoms with Gasteiger partial charge in [-0.15, -0.1) is 11.3 Å². The van der Waals surface area contributed by atoms with Gasteiger partial charge in [-0.3, -0.25) is 9.48 Å². The van der Waals surface area contributed by atoms with Crippen LogP contribution in [-0.2, 0) is 28.9 Å². The van der Waals surface area contributed by atoms with E-state index in [2.05, 4.69) is 15.3 Å². The Labute approximate surface area is 157 Å². The zero-order valence-electron chi connectivity index (χ0n) is 14.9. The molecule has 26 heavy (non-hydrogen) atoms. The van der Waals surface area contributed by atoms with Gasteiger partial charge in [-0.2, -0.15) is 5.10 Å². The first-order valence-electron chi connectivity index (χ1n) is 9.36. The van der Waals surface area contributed by atoms with Crippen LogP contribution in [0.1, 0.15) is 23.4 Å². The quantitative estimate of drug-likeness (QED) is 0.775. The molecule has 2 aromatic rings. The number of carbonyl (C=O) groups is 1. The first-order chi connectivity index (χ1) is 12.8. The van der Waals surface area contributed by atoms with Crippen molar-refractivity contribution in [2.45, 2.75) is 32.2 Å². The smallest absolute Gasteiger partial charge is 0.223 e. The number of carbonyl (C=O) groups excluding carboxylic acids is 1. The molecule has 1 amide bonds. The lowest BCUT2D eigenvalue weighted by molar-refractivity contribution is -0.125. The molecule has 1 aliphatic carbocycles. The van der Waals surface area contributed by atoms with E-state index in [0.717, 1.165) is 69.4 Å². The number of ether oxygens (including phenoxy) is 1. The molecule has 2 aliphatic rings. The predicted octanol–water partition coefficient (Wildman–Crippen LogP) is 1.49. The summed E-state index contributed by atoms with van der Waals surface area (Å²) in [5, 5.41) is 8.35. The molecular formula is C18H25N5O2S. The molecular weight excluding hydrogens is 350 g/mol. The Morgan fingerprint density at radius 3 is 3.08 bits per heavy atom. The number of hydrogen-bond acceptors (Lipinski definition) is 6. The Balaban J connectivity index is 1.27. The summed E-state index contributed by atoms with van der Waals surface area (Å²) in [5.41, 5.74) is 1.12. The van der Waals surface area contributed by atoms with E-state index in [0.29, 0.717) is 6.54 Å². The van der Waals surface area contributed by atoms with Crippen molar-refractivity contribution in [3.63, 3.8) is 0 Å². The van der Waals surface area contributed by atoms with Gasteiger partial charge in [0.1, 0.15) is 0 Å². The normalized spacial score (nSPS) is 20.0. The van der Waals surface area contributed by atoms with Crippen LogP contribution in [-0.4, -0.2) is 53.5 Å². The van der Waals surface area contributed by atoms with E-state index in [1.807, 2.05) is 16.9 Å². The Bertz CT molecular complexity index is 724. The second kappa shape index (κ2) is 8.18. The number of aromatic nitrogens is 3. The van der Waals surface area contributed by atoms with Crippen LogP contribution < -0.4 is 10.2 Å². The summed E-state index contributed by atoms with van der Waals surface area (Å²) >= 11 is 1.79. The summed E-state index contributed by atoms with van der Waals surface area (Å²) in [6.07, 6.45) is 7.26. The highest BCUT2D eigenvalue weighted by molar-refractivity contribution is 7.15. The Morgan fingerprint density at radius 1 is 1.38 bits per heavy atom. The van der Waals surface area contributed by atoms with Crippen molar-refractivity contribution < 1.29 is 9.53 Å². The van der Waals surface area contributed by atoms with Gasteiger partial charge in [0.2, 0.25) is 5.91 Å². The van der Waals surface area contributed by atoms with E-state index in [-0.39, 0.29) is 11.8 Å². The molecule has 2 aromatic heterocycles. The summed E-state index contributed by atoms with van der Waals surface area (Å²) in [7, 11) is 0. The molecule has 0 radical (unpaired) electrons. The van der Waals surface area contributed by atoms with Gasteiger partial charge in [0.05, 0.1) is 18.9 Å². The summed E-state index contributed by atoms with van der Waals surface area (Å²) < 4.78 is 7.31. The molecule has 1 aliphatic heterocycles. The molecule has 1 unspecified atom stereocenters. The molecule has 1 N–H and O–H groups in total. The van der Waals surface area contributed by atoms with E-state index in [9.17, 15) is 4.79 Å². The number of rotatable bonds is 6. The first kappa shape index (κ1) is 17.5. The standard InChI is InChI=1S/C18H25N5O2S/c24-17(19-5-1-7-23-8-2-6-20-23)14-3-4-16-15(13-14)21-18(26-16)22-9-11-25-12-10-22/h2,6,8,14H,1,3-5,7,9-13H2,(H,19,24). The fourth-order valence-electron chi connectivity index (χ4n) is 3.51. The zero-order chi connectivity index (χ0) is 17.8. The molecule has 8 heteroatoms. The lowest BCUT2D eigenvalue weighted by atomic mass is 9.90. The number of morpholine rings is 1. The maximum absolute atomic E-state index is 12.5. The SMILES string of the molecule is O=C(NCCCn1cccn1)C1CCc2sc(N3CCOCC3)nc2C1. The largest absolute Gasteiger partial charge is 0.378 e. The topological polar surface area (TPSA) is 72.3 Å². The van der Waals surface area contributed by atoms with E-state index < -0.39 is 0 Å². The molecule has 3 heterocycles. The van der Waals surface area contributed by atoms with Gasteiger partial charge in [0, 0.05) is 55.8 Å². The number of aryl methyl sites for hydroxylation is 2. The lowest BCUT2D eigenvalue weighted by Gasteiger charge is -2.26. The summed E-state index contributed by atoms with van der Waals surface area (Å²) in [5.74, 6) is 0.212. The van der Waals surface area contributed by atoms with Gasteiger partial charge in [0.25, 0.3) is 0 Å².